The van der Waals surface area contributed by atoms with Crippen LogP contribution < -0.4 is 9.64 Å². The molecule has 0 bridgehead atoms. The molecule has 0 aromatic heterocycles. The lowest BCUT2D eigenvalue weighted by Gasteiger charge is -2.22. The highest BCUT2D eigenvalue weighted by Gasteiger charge is 2.15. The molecule has 1 aromatic rings. The van der Waals surface area contributed by atoms with Crippen LogP contribution in [0.25, 0.3) is 0 Å². The molecule has 0 fully saturated rings. The van der Waals surface area contributed by atoms with Gasteiger partial charge in [-0.25, -0.2) is 0 Å². The topological polar surface area (TPSA) is 62.6 Å². The number of methoxy groups -OCH3 is 1. The zero-order valence-corrected chi connectivity index (χ0v) is 14.8. The monoisotopic (exact) mass is 340 g/mol. The van der Waals surface area contributed by atoms with Gasteiger partial charge in [0, 0.05) is 18.0 Å². The van der Waals surface area contributed by atoms with Crippen LogP contribution in [0, 0.1) is 11.3 Å². The van der Waals surface area contributed by atoms with Gasteiger partial charge in [0.25, 0.3) is 0 Å². The summed E-state index contributed by atoms with van der Waals surface area (Å²) >= 11 is 0. The number of esters is 1. The Bertz CT molecular complexity index is 701. The summed E-state index contributed by atoms with van der Waals surface area (Å²) in [4.78, 5) is 13.7. The molecule has 2 rings (SSSR count). The van der Waals surface area contributed by atoms with Crippen LogP contribution in [0.1, 0.15) is 32.6 Å². The second-order valence-corrected chi connectivity index (χ2v) is 5.76. The van der Waals surface area contributed by atoms with Crippen molar-refractivity contribution in [1.82, 2.24) is 0 Å². The van der Waals surface area contributed by atoms with Gasteiger partial charge in [-0.3, -0.25) is 4.79 Å². The van der Waals surface area contributed by atoms with Crippen LogP contribution in [0.2, 0.25) is 0 Å². The molecule has 0 saturated heterocycles. The number of ether oxygens (including phenoxy) is 2. The maximum atomic E-state index is 12.0. The number of allylic oxidation sites excluding steroid dienone is 3. The van der Waals surface area contributed by atoms with E-state index in [2.05, 4.69) is 12.1 Å². The van der Waals surface area contributed by atoms with E-state index in [4.69, 9.17) is 9.47 Å². The Morgan fingerprint density at radius 2 is 2.24 bits per heavy atom. The summed E-state index contributed by atoms with van der Waals surface area (Å²) in [5, 5.41) is 9.59. The van der Waals surface area contributed by atoms with Crippen LogP contribution in [0.5, 0.6) is 5.75 Å². The molecular weight excluding hydrogens is 316 g/mol. The summed E-state index contributed by atoms with van der Waals surface area (Å²) in [7, 11) is 1.60. The number of benzene rings is 1. The van der Waals surface area contributed by atoms with Crippen LogP contribution in [0.15, 0.2) is 47.7 Å². The molecule has 0 radical (unpaired) electrons. The molecule has 0 saturated carbocycles. The van der Waals surface area contributed by atoms with Crippen LogP contribution in [-0.4, -0.2) is 26.2 Å². The summed E-state index contributed by atoms with van der Waals surface area (Å²) in [6.45, 7) is 2.14. The molecule has 1 aliphatic carbocycles. The fraction of sp³-hybridized carbons (Fsp3) is 0.400. The Kier molecular flexibility index (Phi) is 7.09. The van der Waals surface area contributed by atoms with E-state index in [-0.39, 0.29) is 12.5 Å². The molecule has 0 aliphatic heterocycles. The highest BCUT2D eigenvalue weighted by Crippen LogP contribution is 2.26. The fourth-order valence-corrected chi connectivity index (χ4v) is 2.77. The quantitative estimate of drug-likeness (QED) is 0.555. The number of rotatable bonds is 7. The molecule has 0 amide bonds. The molecule has 0 spiro atoms. The Labute approximate surface area is 149 Å². The summed E-state index contributed by atoms with van der Waals surface area (Å²) in [5.74, 6) is 0.353. The van der Waals surface area contributed by atoms with Gasteiger partial charge in [-0.1, -0.05) is 12.1 Å². The van der Waals surface area contributed by atoms with Crippen molar-refractivity contribution in [2.75, 3.05) is 25.2 Å². The van der Waals surface area contributed by atoms with Crippen LogP contribution >= 0.6 is 0 Å². The highest BCUT2D eigenvalue weighted by atomic mass is 16.5. The molecule has 1 aliphatic rings. The first-order valence-corrected chi connectivity index (χ1v) is 8.55. The summed E-state index contributed by atoms with van der Waals surface area (Å²) in [6, 6.07) is 9.68. The number of carbonyl (C=O) groups excluding carboxylic acids is 1. The Balaban J connectivity index is 2.35. The SMILES string of the molecule is CCOC(=O)CN(/C=C(\C#N)C1=CCCCC1)c1cccc(OC)c1. The summed E-state index contributed by atoms with van der Waals surface area (Å²) in [5.41, 5.74) is 2.41. The lowest BCUT2D eigenvalue weighted by Crippen LogP contribution is -2.27. The van der Waals surface area contributed by atoms with E-state index in [1.165, 1.54) is 0 Å². The molecular formula is C20H24N2O3. The third kappa shape index (κ3) is 5.39. The second-order valence-electron chi connectivity index (χ2n) is 5.76. The largest absolute Gasteiger partial charge is 0.497 e. The summed E-state index contributed by atoms with van der Waals surface area (Å²) in [6.07, 6.45) is 7.98. The van der Waals surface area contributed by atoms with Crippen molar-refractivity contribution >= 4 is 11.7 Å². The average Bonchev–Trinajstić information content (AvgIpc) is 2.66. The van der Waals surface area contributed by atoms with Gasteiger partial charge in [0.15, 0.2) is 0 Å². The van der Waals surface area contributed by atoms with E-state index in [0.717, 1.165) is 36.9 Å². The molecule has 0 heterocycles. The van der Waals surface area contributed by atoms with E-state index < -0.39 is 0 Å². The summed E-state index contributed by atoms with van der Waals surface area (Å²) < 4.78 is 10.3. The number of nitrogens with zero attached hydrogens (tertiary/aromatic N) is 2. The fourth-order valence-electron chi connectivity index (χ4n) is 2.77. The molecule has 1 aromatic carbocycles. The van der Waals surface area contributed by atoms with Crippen molar-refractivity contribution in [1.29, 1.82) is 5.26 Å². The number of anilines is 1. The van der Waals surface area contributed by atoms with Crippen molar-refractivity contribution in [2.45, 2.75) is 32.6 Å². The highest BCUT2D eigenvalue weighted by molar-refractivity contribution is 5.77. The zero-order valence-electron chi connectivity index (χ0n) is 14.8. The zero-order chi connectivity index (χ0) is 18.1. The van der Waals surface area contributed by atoms with Crippen molar-refractivity contribution in [3.05, 3.63) is 47.7 Å². The van der Waals surface area contributed by atoms with Gasteiger partial charge in [0.1, 0.15) is 18.4 Å². The molecule has 5 nitrogen and oxygen atoms in total. The van der Waals surface area contributed by atoms with Crippen molar-refractivity contribution in [3.8, 4) is 11.8 Å². The van der Waals surface area contributed by atoms with Gasteiger partial charge in [0.2, 0.25) is 0 Å². The predicted octanol–water partition coefficient (Wildman–Crippen LogP) is 3.97. The maximum Gasteiger partial charge on any atom is 0.325 e. The van der Waals surface area contributed by atoms with E-state index in [1.54, 1.807) is 25.1 Å². The first kappa shape index (κ1) is 18.6. The lowest BCUT2D eigenvalue weighted by molar-refractivity contribution is -0.141. The molecule has 5 heteroatoms. The molecule has 132 valence electrons. The molecule has 0 atom stereocenters. The van der Waals surface area contributed by atoms with Crippen LogP contribution in [-0.2, 0) is 9.53 Å². The Morgan fingerprint density at radius 3 is 2.88 bits per heavy atom. The minimum atomic E-state index is -0.337. The van der Waals surface area contributed by atoms with Gasteiger partial charge in [-0.05, 0) is 50.3 Å². The number of hydrogen-bond donors (Lipinski definition) is 0. The maximum absolute atomic E-state index is 12.0. The number of carbonyl (C=O) groups is 1. The van der Waals surface area contributed by atoms with Crippen molar-refractivity contribution < 1.29 is 14.3 Å². The third-order valence-electron chi connectivity index (χ3n) is 4.03. The average molecular weight is 340 g/mol. The first-order chi connectivity index (χ1) is 12.2. The van der Waals surface area contributed by atoms with Gasteiger partial charge in [-0.2, -0.15) is 5.26 Å². The molecule has 0 unspecified atom stereocenters. The predicted molar refractivity (Wildman–Crippen MR) is 97.2 cm³/mol. The van der Waals surface area contributed by atoms with Crippen molar-refractivity contribution in [2.24, 2.45) is 0 Å². The van der Waals surface area contributed by atoms with Crippen LogP contribution in [0.4, 0.5) is 5.69 Å². The second kappa shape index (κ2) is 9.53. The van der Waals surface area contributed by atoms with Gasteiger partial charge < -0.3 is 14.4 Å². The minimum absolute atomic E-state index is 0.0411. The smallest absolute Gasteiger partial charge is 0.325 e. The van der Waals surface area contributed by atoms with Crippen molar-refractivity contribution in [3.63, 3.8) is 0 Å². The molecule has 0 N–H and O–H groups in total. The van der Waals surface area contributed by atoms with Gasteiger partial charge in [-0.15, -0.1) is 0 Å². The molecule has 25 heavy (non-hydrogen) atoms. The lowest BCUT2D eigenvalue weighted by atomic mass is 9.94. The third-order valence-corrected chi connectivity index (χ3v) is 4.03. The van der Waals surface area contributed by atoms with Gasteiger partial charge >= 0.3 is 5.97 Å². The Hall–Kier alpha value is -2.74. The van der Waals surface area contributed by atoms with E-state index in [1.807, 2.05) is 24.3 Å². The normalized spacial score (nSPS) is 14.3. The minimum Gasteiger partial charge on any atom is -0.497 e. The van der Waals surface area contributed by atoms with E-state index >= 15 is 0 Å². The van der Waals surface area contributed by atoms with Gasteiger partial charge in [0.05, 0.1) is 19.3 Å². The number of hydrogen-bond acceptors (Lipinski definition) is 5. The Morgan fingerprint density at radius 1 is 1.40 bits per heavy atom. The first-order valence-electron chi connectivity index (χ1n) is 8.55. The standard InChI is InChI=1S/C20H24N2O3/c1-3-25-20(23)15-22(18-10-7-11-19(12-18)24-2)14-17(13-21)16-8-5-4-6-9-16/h7-8,10-12,14H,3-6,9,15H2,1-2H3/b17-14+. The number of nitriles is 1. The van der Waals surface area contributed by atoms with E-state index in [9.17, 15) is 10.1 Å². The van der Waals surface area contributed by atoms with E-state index in [0.29, 0.717) is 17.9 Å². The van der Waals surface area contributed by atoms with Crippen LogP contribution in [0.3, 0.4) is 0 Å².